The molecule has 1 aromatic rings. The van der Waals surface area contributed by atoms with Crippen molar-refractivity contribution in [1.82, 2.24) is 10.3 Å². The molecule has 2 rings (SSSR count). The Morgan fingerprint density at radius 1 is 1.62 bits per heavy atom. The van der Waals surface area contributed by atoms with Crippen molar-refractivity contribution in [2.24, 2.45) is 5.41 Å². The van der Waals surface area contributed by atoms with E-state index in [-0.39, 0.29) is 5.91 Å². The molecule has 1 saturated carbocycles. The molecule has 4 heteroatoms. The van der Waals surface area contributed by atoms with Gasteiger partial charge in [-0.15, -0.1) is 0 Å². The van der Waals surface area contributed by atoms with E-state index in [2.05, 4.69) is 17.2 Å². The zero-order valence-corrected chi connectivity index (χ0v) is 9.68. The van der Waals surface area contributed by atoms with Crippen molar-refractivity contribution in [3.8, 4) is 0 Å². The van der Waals surface area contributed by atoms with Crippen LogP contribution in [0.3, 0.4) is 0 Å². The number of aromatic amines is 1. The number of carbonyl (C=O) groups excluding carboxylic acids is 1. The molecule has 16 heavy (non-hydrogen) atoms. The lowest BCUT2D eigenvalue weighted by Crippen LogP contribution is -2.41. The lowest BCUT2D eigenvalue weighted by atomic mass is 9.67. The molecular formula is C12H19N3O. The van der Waals surface area contributed by atoms with E-state index in [1.165, 1.54) is 19.3 Å². The van der Waals surface area contributed by atoms with Crippen LogP contribution in [0.4, 0.5) is 5.69 Å². The van der Waals surface area contributed by atoms with E-state index in [9.17, 15) is 4.79 Å². The molecule has 0 radical (unpaired) electrons. The largest absolute Gasteiger partial charge is 0.397 e. The number of aromatic nitrogens is 1. The SMILES string of the molecule is CCC1(CNC(=O)c2cc(N)c[nH]2)CCC1. The molecule has 0 atom stereocenters. The minimum absolute atomic E-state index is 0.0589. The van der Waals surface area contributed by atoms with Gasteiger partial charge in [-0.25, -0.2) is 0 Å². The van der Waals surface area contributed by atoms with Crippen molar-refractivity contribution < 1.29 is 4.79 Å². The molecule has 0 aliphatic heterocycles. The standard InChI is InChI=1S/C12H19N3O/c1-2-12(4-3-5-12)8-15-11(16)10-6-9(13)7-14-10/h6-7,14H,2-5,8,13H2,1H3,(H,15,16). The van der Waals surface area contributed by atoms with Crippen LogP contribution in [0.5, 0.6) is 0 Å². The first-order chi connectivity index (χ1) is 7.65. The highest BCUT2D eigenvalue weighted by Gasteiger charge is 2.35. The van der Waals surface area contributed by atoms with Crippen LogP contribution in [0.2, 0.25) is 0 Å². The molecule has 0 spiro atoms. The van der Waals surface area contributed by atoms with Crippen molar-refractivity contribution in [3.63, 3.8) is 0 Å². The van der Waals surface area contributed by atoms with E-state index in [4.69, 9.17) is 5.73 Å². The van der Waals surface area contributed by atoms with Crippen LogP contribution in [-0.4, -0.2) is 17.4 Å². The van der Waals surface area contributed by atoms with Crippen LogP contribution in [0.1, 0.15) is 43.1 Å². The lowest BCUT2D eigenvalue weighted by Gasteiger charge is -2.41. The zero-order valence-electron chi connectivity index (χ0n) is 9.68. The Labute approximate surface area is 95.6 Å². The van der Waals surface area contributed by atoms with Crippen molar-refractivity contribution >= 4 is 11.6 Å². The average molecular weight is 221 g/mol. The summed E-state index contributed by atoms with van der Waals surface area (Å²) in [6, 6.07) is 1.66. The van der Waals surface area contributed by atoms with Crippen molar-refractivity contribution in [2.75, 3.05) is 12.3 Å². The smallest absolute Gasteiger partial charge is 0.267 e. The number of nitrogens with two attached hydrogens (primary N) is 1. The zero-order chi connectivity index (χ0) is 11.6. The quantitative estimate of drug-likeness (QED) is 0.726. The maximum Gasteiger partial charge on any atom is 0.267 e. The summed E-state index contributed by atoms with van der Waals surface area (Å²) in [5.74, 6) is -0.0589. The minimum Gasteiger partial charge on any atom is -0.397 e. The molecule has 4 nitrogen and oxygen atoms in total. The lowest BCUT2D eigenvalue weighted by molar-refractivity contribution is 0.0846. The molecule has 1 aliphatic carbocycles. The van der Waals surface area contributed by atoms with Crippen molar-refractivity contribution in [1.29, 1.82) is 0 Å². The summed E-state index contributed by atoms with van der Waals surface area (Å²) in [5.41, 5.74) is 7.05. The Balaban J connectivity index is 1.88. The van der Waals surface area contributed by atoms with Crippen LogP contribution in [-0.2, 0) is 0 Å². The molecule has 4 N–H and O–H groups in total. The second kappa shape index (κ2) is 4.20. The highest BCUT2D eigenvalue weighted by molar-refractivity contribution is 5.93. The number of hydrogen-bond acceptors (Lipinski definition) is 2. The van der Waals surface area contributed by atoms with Gasteiger partial charge in [-0.2, -0.15) is 0 Å². The van der Waals surface area contributed by atoms with Gasteiger partial charge in [0.15, 0.2) is 0 Å². The highest BCUT2D eigenvalue weighted by atomic mass is 16.1. The van der Waals surface area contributed by atoms with E-state index in [1.54, 1.807) is 12.3 Å². The second-order valence-corrected chi connectivity index (χ2v) is 4.74. The number of amides is 1. The number of hydrogen-bond donors (Lipinski definition) is 3. The summed E-state index contributed by atoms with van der Waals surface area (Å²) in [7, 11) is 0. The van der Waals surface area contributed by atoms with E-state index in [0.29, 0.717) is 16.8 Å². The third-order valence-corrected chi connectivity index (χ3v) is 3.74. The minimum atomic E-state index is -0.0589. The monoisotopic (exact) mass is 221 g/mol. The number of nitrogen functional groups attached to an aromatic ring is 1. The summed E-state index contributed by atoms with van der Waals surface area (Å²) in [6.07, 6.45) is 6.53. The van der Waals surface area contributed by atoms with Crippen LogP contribution >= 0.6 is 0 Å². The summed E-state index contributed by atoms with van der Waals surface area (Å²) in [6.45, 7) is 2.97. The number of rotatable bonds is 4. The van der Waals surface area contributed by atoms with Crippen LogP contribution in [0.15, 0.2) is 12.3 Å². The maximum atomic E-state index is 11.8. The molecule has 0 unspecified atom stereocenters. The van der Waals surface area contributed by atoms with Crippen LogP contribution in [0.25, 0.3) is 0 Å². The van der Waals surface area contributed by atoms with Gasteiger partial charge in [-0.1, -0.05) is 13.3 Å². The molecule has 1 fully saturated rings. The molecule has 0 aromatic carbocycles. The van der Waals surface area contributed by atoms with Gasteiger partial charge in [0.1, 0.15) is 5.69 Å². The van der Waals surface area contributed by atoms with Gasteiger partial charge >= 0.3 is 0 Å². The van der Waals surface area contributed by atoms with E-state index in [1.807, 2.05) is 0 Å². The Kier molecular flexibility index (Phi) is 2.90. The number of anilines is 1. The van der Waals surface area contributed by atoms with Gasteiger partial charge in [0.05, 0.1) is 0 Å². The first-order valence-electron chi connectivity index (χ1n) is 5.87. The first-order valence-corrected chi connectivity index (χ1v) is 5.87. The average Bonchev–Trinajstić information content (AvgIpc) is 2.64. The number of nitrogens with one attached hydrogen (secondary N) is 2. The summed E-state index contributed by atoms with van der Waals surface area (Å²) < 4.78 is 0. The summed E-state index contributed by atoms with van der Waals surface area (Å²) in [5, 5.41) is 2.98. The predicted molar refractivity (Wildman–Crippen MR) is 64.1 cm³/mol. The topological polar surface area (TPSA) is 70.9 Å². The van der Waals surface area contributed by atoms with Gasteiger partial charge in [0, 0.05) is 18.4 Å². The third-order valence-electron chi connectivity index (χ3n) is 3.74. The molecule has 1 amide bonds. The molecule has 1 aliphatic rings. The fourth-order valence-electron chi connectivity index (χ4n) is 2.24. The molecule has 0 saturated heterocycles. The summed E-state index contributed by atoms with van der Waals surface area (Å²) >= 11 is 0. The molecular weight excluding hydrogens is 202 g/mol. The fraction of sp³-hybridized carbons (Fsp3) is 0.583. The van der Waals surface area contributed by atoms with Gasteiger partial charge in [-0.3, -0.25) is 4.79 Å². The van der Waals surface area contributed by atoms with Gasteiger partial charge in [-0.05, 0) is 30.7 Å². The van der Waals surface area contributed by atoms with Crippen LogP contribution in [0, 0.1) is 5.41 Å². The molecule has 1 heterocycles. The van der Waals surface area contributed by atoms with E-state index in [0.717, 1.165) is 13.0 Å². The molecule has 88 valence electrons. The fourth-order valence-corrected chi connectivity index (χ4v) is 2.24. The first kappa shape index (κ1) is 11.0. The van der Waals surface area contributed by atoms with E-state index >= 15 is 0 Å². The molecule has 0 bridgehead atoms. The van der Waals surface area contributed by atoms with Gasteiger partial charge < -0.3 is 16.0 Å². The predicted octanol–water partition coefficient (Wildman–Crippen LogP) is 1.91. The van der Waals surface area contributed by atoms with Gasteiger partial charge in [0.2, 0.25) is 0 Å². The Hall–Kier alpha value is -1.45. The summed E-state index contributed by atoms with van der Waals surface area (Å²) in [4.78, 5) is 14.6. The Morgan fingerprint density at radius 3 is 2.81 bits per heavy atom. The van der Waals surface area contributed by atoms with E-state index < -0.39 is 0 Å². The second-order valence-electron chi connectivity index (χ2n) is 4.74. The normalized spacial score (nSPS) is 17.8. The van der Waals surface area contributed by atoms with Gasteiger partial charge in [0.25, 0.3) is 5.91 Å². The number of H-pyrrole nitrogens is 1. The number of carbonyl (C=O) groups is 1. The Bertz CT molecular complexity index is 374. The molecule has 1 aromatic heterocycles. The maximum absolute atomic E-state index is 11.8. The van der Waals surface area contributed by atoms with Crippen molar-refractivity contribution in [2.45, 2.75) is 32.6 Å². The third kappa shape index (κ3) is 2.05. The van der Waals surface area contributed by atoms with Crippen LogP contribution < -0.4 is 11.1 Å². The Morgan fingerprint density at radius 2 is 2.38 bits per heavy atom. The highest BCUT2D eigenvalue weighted by Crippen LogP contribution is 2.43. The van der Waals surface area contributed by atoms with Crippen molar-refractivity contribution in [3.05, 3.63) is 18.0 Å².